The number of nitrogens with zero attached hydrogens (tertiary/aromatic N) is 2. The second-order valence-corrected chi connectivity index (χ2v) is 3.67. The van der Waals surface area contributed by atoms with Crippen molar-refractivity contribution in [3.8, 4) is 11.6 Å². The van der Waals surface area contributed by atoms with Crippen molar-refractivity contribution in [3.63, 3.8) is 0 Å². The van der Waals surface area contributed by atoms with Crippen LogP contribution in [0.15, 0.2) is 30.6 Å². The summed E-state index contributed by atoms with van der Waals surface area (Å²) in [6.45, 7) is 0. The highest BCUT2D eigenvalue weighted by molar-refractivity contribution is 7.80. The average molecular weight is 267 g/mol. The van der Waals surface area contributed by atoms with Gasteiger partial charge in [0, 0.05) is 12.4 Å². The van der Waals surface area contributed by atoms with Crippen LogP contribution < -0.4 is 10.5 Å². The molecule has 0 atom stereocenters. The quantitative estimate of drug-likeness (QED) is 0.864. The van der Waals surface area contributed by atoms with Crippen LogP contribution in [0.25, 0.3) is 0 Å². The summed E-state index contributed by atoms with van der Waals surface area (Å²) >= 11 is 4.75. The Morgan fingerprint density at radius 1 is 1.22 bits per heavy atom. The van der Waals surface area contributed by atoms with E-state index in [2.05, 4.69) is 9.97 Å². The van der Waals surface area contributed by atoms with Crippen molar-refractivity contribution >= 4 is 17.2 Å². The maximum absolute atomic E-state index is 13.4. The van der Waals surface area contributed by atoms with Crippen LogP contribution in [0.1, 0.15) is 5.69 Å². The number of hydrogen-bond donors (Lipinski definition) is 1. The number of aromatic nitrogens is 2. The first-order valence-electron chi connectivity index (χ1n) is 4.82. The minimum atomic E-state index is -1.11. The maximum atomic E-state index is 13.4. The Balaban J connectivity index is 2.40. The highest BCUT2D eigenvalue weighted by Crippen LogP contribution is 2.25. The molecule has 0 unspecified atom stereocenters. The van der Waals surface area contributed by atoms with E-state index in [0.29, 0.717) is 0 Å². The molecule has 0 radical (unpaired) electrons. The zero-order valence-corrected chi connectivity index (χ0v) is 9.75. The summed E-state index contributed by atoms with van der Waals surface area (Å²) in [6.07, 6.45) is 2.69. The van der Waals surface area contributed by atoms with E-state index in [1.165, 1.54) is 24.5 Å². The molecule has 0 saturated heterocycles. The lowest BCUT2D eigenvalue weighted by molar-refractivity contribution is 0.403. The van der Waals surface area contributed by atoms with Crippen LogP contribution in [0.2, 0.25) is 0 Å². The molecule has 0 amide bonds. The third-order valence-corrected chi connectivity index (χ3v) is 2.21. The SMILES string of the molecule is NC(=S)c1nccnc1Oc1cccc(F)c1F. The Morgan fingerprint density at radius 3 is 2.67 bits per heavy atom. The zero-order chi connectivity index (χ0) is 13.1. The molecule has 0 aliphatic carbocycles. The minimum absolute atomic E-state index is 0.0464. The number of hydrogen-bond acceptors (Lipinski definition) is 4. The monoisotopic (exact) mass is 267 g/mol. The third kappa shape index (κ3) is 2.40. The highest BCUT2D eigenvalue weighted by atomic mass is 32.1. The number of benzene rings is 1. The molecule has 1 heterocycles. The van der Waals surface area contributed by atoms with E-state index in [0.717, 1.165) is 6.07 Å². The molecule has 1 aromatic heterocycles. The van der Waals surface area contributed by atoms with E-state index in [1.54, 1.807) is 0 Å². The van der Waals surface area contributed by atoms with Gasteiger partial charge in [0.1, 0.15) is 4.99 Å². The van der Waals surface area contributed by atoms with Gasteiger partial charge in [-0.15, -0.1) is 0 Å². The zero-order valence-electron chi connectivity index (χ0n) is 8.93. The van der Waals surface area contributed by atoms with Crippen molar-refractivity contribution in [1.29, 1.82) is 0 Å². The van der Waals surface area contributed by atoms with Gasteiger partial charge in [0.15, 0.2) is 17.3 Å². The molecule has 0 aliphatic heterocycles. The second-order valence-electron chi connectivity index (χ2n) is 3.23. The topological polar surface area (TPSA) is 61.0 Å². The molecule has 92 valence electrons. The average Bonchev–Trinajstić information content (AvgIpc) is 2.35. The van der Waals surface area contributed by atoms with E-state index in [1.807, 2.05) is 0 Å². The highest BCUT2D eigenvalue weighted by Gasteiger charge is 2.14. The molecular formula is C11H7F2N3OS. The van der Waals surface area contributed by atoms with Crippen LogP contribution in [-0.2, 0) is 0 Å². The Morgan fingerprint density at radius 2 is 1.94 bits per heavy atom. The third-order valence-electron chi connectivity index (χ3n) is 2.02. The second kappa shape index (κ2) is 5.01. The number of nitrogens with two attached hydrogens (primary N) is 1. The summed E-state index contributed by atoms with van der Waals surface area (Å²) in [5, 5.41) is 0. The largest absolute Gasteiger partial charge is 0.434 e. The number of ether oxygens (including phenoxy) is 1. The van der Waals surface area contributed by atoms with Crippen LogP contribution in [0.4, 0.5) is 8.78 Å². The maximum Gasteiger partial charge on any atom is 0.248 e. The normalized spacial score (nSPS) is 10.1. The van der Waals surface area contributed by atoms with Gasteiger partial charge >= 0.3 is 0 Å². The Hall–Kier alpha value is -2.15. The van der Waals surface area contributed by atoms with Gasteiger partial charge in [-0.3, -0.25) is 0 Å². The van der Waals surface area contributed by atoms with Gasteiger partial charge in [0.25, 0.3) is 0 Å². The molecule has 0 fully saturated rings. The molecule has 1 aromatic carbocycles. The fraction of sp³-hybridized carbons (Fsp3) is 0. The van der Waals surface area contributed by atoms with Crippen LogP contribution >= 0.6 is 12.2 Å². The summed E-state index contributed by atoms with van der Waals surface area (Å²) < 4.78 is 31.5. The first-order valence-corrected chi connectivity index (χ1v) is 5.23. The molecule has 0 saturated carbocycles. The van der Waals surface area contributed by atoms with Crippen LogP contribution in [0, 0.1) is 11.6 Å². The lowest BCUT2D eigenvalue weighted by Crippen LogP contribution is -2.13. The predicted octanol–water partition coefficient (Wildman–Crippen LogP) is 2.18. The van der Waals surface area contributed by atoms with Crippen molar-refractivity contribution in [3.05, 3.63) is 47.9 Å². The van der Waals surface area contributed by atoms with Crippen LogP contribution in [0.3, 0.4) is 0 Å². The summed E-state index contributed by atoms with van der Waals surface area (Å²) in [5.41, 5.74) is 5.52. The fourth-order valence-electron chi connectivity index (χ4n) is 1.24. The van der Waals surface area contributed by atoms with Gasteiger partial charge in [-0.2, -0.15) is 4.39 Å². The minimum Gasteiger partial charge on any atom is -0.434 e. The summed E-state index contributed by atoms with van der Waals surface area (Å²) in [7, 11) is 0. The van der Waals surface area contributed by atoms with Gasteiger partial charge in [-0.1, -0.05) is 18.3 Å². The number of thiocarbonyl (C=S) groups is 1. The van der Waals surface area contributed by atoms with Crippen molar-refractivity contribution < 1.29 is 13.5 Å². The van der Waals surface area contributed by atoms with Crippen molar-refractivity contribution in [1.82, 2.24) is 9.97 Å². The van der Waals surface area contributed by atoms with Crippen LogP contribution in [0.5, 0.6) is 11.6 Å². The Bertz CT molecular complexity index is 607. The van der Waals surface area contributed by atoms with Crippen molar-refractivity contribution in [2.75, 3.05) is 0 Å². The Labute approximate surface area is 106 Å². The van der Waals surface area contributed by atoms with Gasteiger partial charge in [-0.25, -0.2) is 14.4 Å². The molecule has 2 N–H and O–H groups in total. The number of halogens is 2. The van der Waals surface area contributed by atoms with Crippen molar-refractivity contribution in [2.24, 2.45) is 5.73 Å². The molecule has 4 nitrogen and oxygen atoms in total. The van der Waals surface area contributed by atoms with Gasteiger partial charge < -0.3 is 10.5 Å². The molecule has 0 spiro atoms. The summed E-state index contributed by atoms with van der Waals surface area (Å²) in [4.78, 5) is 7.63. The molecular weight excluding hydrogens is 260 g/mol. The van der Waals surface area contributed by atoms with Crippen molar-refractivity contribution in [2.45, 2.75) is 0 Å². The van der Waals surface area contributed by atoms with E-state index < -0.39 is 11.6 Å². The Kier molecular flexibility index (Phi) is 3.42. The number of rotatable bonds is 3. The van der Waals surface area contributed by atoms with E-state index in [-0.39, 0.29) is 22.3 Å². The fourth-order valence-corrected chi connectivity index (χ4v) is 1.38. The molecule has 2 aromatic rings. The molecule has 7 heteroatoms. The van der Waals surface area contributed by atoms with E-state index in [4.69, 9.17) is 22.7 Å². The van der Waals surface area contributed by atoms with Gasteiger partial charge in [-0.05, 0) is 12.1 Å². The lowest BCUT2D eigenvalue weighted by atomic mass is 10.3. The lowest BCUT2D eigenvalue weighted by Gasteiger charge is -2.08. The first kappa shape index (κ1) is 12.3. The van der Waals surface area contributed by atoms with Gasteiger partial charge in [0.2, 0.25) is 11.7 Å². The van der Waals surface area contributed by atoms with E-state index in [9.17, 15) is 8.78 Å². The standard InChI is InChI=1S/C11H7F2N3OS/c12-6-2-1-3-7(8(6)13)17-11-9(10(14)18)15-4-5-16-11/h1-5H,(H2,14,18). The predicted molar refractivity (Wildman–Crippen MR) is 64.4 cm³/mol. The van der Waals surface area contributed by atoms with Crippen LogP contribution in [-0.4, -0.2) is 15.0 Å². The molecule has 18 heavy (non-hydrogen) atoms. The van der Waals surface area contributed by atoms with E-state index >= 15 is 0 Å². The smallest absolute Gasteiger partial charge is 0.248 e. The summed E-state index contributed by atoms with van der Waals surface area (Å²) in [6, 6.07) is 3.55. The molecule has 2 rings (SSSR count). The molecule has 0 aliphatic rings. The summed E-state index contributed by atoms with van der Waals surface area (Å²) in [5.74, 6) is -2.52. The van der Waals surface area contributed by atoms with Gasteiger partial charge in [0.05, 0.1) is 0 Å². The molecule has 0 bridgehead atoms. The first-order chi connectivity index (χ1) is 8.59.